The zero-order chi connectivity index (χ0) is 18.6. The molecule has 1 N–H and O–H groups in total. The number of hydrogen-bond donors (Lipinski definition) is 1. The largest absolute Gasteiger partial charge is 0.349 e. The quantitative estimate of drug-likeness (QED) is 0.842. The van der Waals surface area contributed by atoms with Gasteiger partial charge in [0.1, 0.15) is 0 Å². The number of aryl methyl sites for hydroxylation is 1. The van der Waals surface area contributed by atoms with Gasteiger partial charge in [-0.25, -0.2) is 4.79 Å². The number of nitrogens with zero attached hydrogens (tertiary/aromatic N) is 2. The minimum absolute atomic E-state index is 0.119. The van der Waals surface area contributed by atoms with Gasteiger partial charge >= 0.3 is 5.69 Å². The van der Waals surface area contributed by atoms with E-state index in [2.05, 4.69) is 26.1 Å². The number of fused-ring (bicyclic) bond motifs is 2. The summed E-state index contributed by atoms with van der Waals surface area (Å²) < 4.78 is 2.37. The van der Waals surface area contributed by atoms with Gasteiger partial charge in [0.25, 0.3) is 5.56 Å². The normalized spacial score (nSPS) is 30.1. The van der Waals surface area contributed by atoms with E-state index < -0.39 is 5.56 Å². The lowest BCUT2D eigenvalue weighted by Crippen LogP contribution is -2.46. The molecule has 1 heterocycles. The summed E-state index contributed by atoms with van der Waals surface area (Å²) in [5.74, 6) is 0.466. The van der Waals surface area contributed by atoms with Gasteiger partial charge < -0.3 is 9.88 Å². The lowest BCUT2D eigenvalue weighted by molar-refractivity contribution is -0.118. The number of nitrogens with one attached hydrogen (secondary N) is 1. The first kappa shape index (κ1) is 17.7. The van der Waals surface area contributed by atoms with Gasteiger partial charge in [0.2, 0.25) is 5.91 Å². The number of rotatable bonds is 3. The minimum Gasteiger partial charge on any atom is -0.349 e. The van der Waals surface area contributed by atoms with E-state index in [1.807, 2.05) is 0 Å². The molecule has 0 aromatic carbocycles. The molecular weight excluding hydrogens is 318 g/mol. The van der Waals surface area contributed by atoms with Crippen LogP contribution in [0.15, 0.2) is 21.9 Å². The molecule has 0 aliphatic heterocycles. The van der Waals surface area contributed by atoms with Crippen LogP contribution in [0.5, 0.6) is 0 Å². The fourth-order valence-electron chi connectivity index (χ4n) is 4.76. The van der Waals surface area contributed by atoms with E-state index in [1.165, 1.54) is 36.4 Å². The zero-order valence-electron chi connectivity index (χ0n) is 15.6. The second kappa shape index (κ2) is 5.71. The van der Waals surface area contributed by atoms with Crippen molar-refractivity contribution in [1.82, 2.24) is 14.5 Å². The first-order valence-corrected chi connectivity index (χ1v) is 8.83. The Bertz CT molecular complexity index is 862. The van der Waals surface area contributed by atoms with Crippen LogP contribution >= 0.6 is 0 Å². The Labute approximate surface area is 147 Å². The highest BCUT2D eigenvalue weighted by molar-refractivity contribution is 5.91. The molecule has 1 aromatic rings. The van der Waals surface area contributed by atoms with Crippen LogP contribution in [0.4, 0.5) is 0 Å². The van der Waals surface area contributed by atoms with Crippen molar-refractivity contribution in [2.24, 2.45) is 30.8 Å². The van der Waals surface area contributed by atoms with Crippen molar-refractivity contribution in [1.29, 1.82) is 0 Å². The fourth-order valence-corrected chi connectivity index (χ4v) is 4.76. The van der Waals surface area contributed by atoms with Crippen molar-refractivity contribution in [3.8, 4) is 0 Å². The molecule has 3 rings (SSSR count). The van der Waals surface area contributed by atoms with Crippen molar-refractivity contribution >= 4 is 12.0 Å². The van der Waals surface area contributed by atoms with Gasteiger partial charge in [0.15, 0.2) is 0 Å². The van der Waals surface area contributed by atoms with E-state index in [-0.39, 0.29) is 28.5 Å². The summed E-state index contributed by atoms with van der Waals surface area (Å²) in [5.41, 5.74) is -0.112. The average Bonchev–Trinajstić information content (AvgIpc) is 2.88. The average molecular weight is 345 g/mol. The third-order valence-electron chi connectivity index (χ3n) is 7.00. The molecule has 136 valence electrons. The minimum atomic E-state index is -0.403. The molecule has 2 aliphatic carbocycles. The second-order valence-corrected chi connectivity index (χ2v) is 8.35. The van der Waals surface area contributed by atoms with Crippen LogP contribution in [-0.4, -0.2) is 21.1 Å². The van der Waals surface area contributed by atoms with Gasteiger partial charge in [0.05, 0.1) is 5.56 Å². The zero-order valence-corrected chi connectivity index (χ0v) is 15.6. The van der Waals surface area contributed by atoms with E-state index in [9.17, 15) is 14.4 Å². The van der Waals surface area contributed by atoms with Crippen LogP contribution < -0.4 is 16.6 Å². The topological polar surface area (TPSA) is 73.1 Å². The Morgan fingerprint density at radius 2 is 1.96 bits per heavy atom. The monoisotopic (exact) mass is 345 g/mol. The molecule has 6 heteroatoms. The van der Waals surface area contributed by atoms with Crippen molar-refractivity contribution in [3.05, 3.63) is 38.7 Å². The maximum Gasteiger partial charge on any atom is 0.330 e. The predicted octanol–water partition coefficient (Wildman–Crippen LogP) is 1.43. The van der Waals surface area contributed by atoms with Gasteiger partial charge in [-0.05, 0) is 42.1 Å². The Morgan fingerprint density at radius 1 is 1.28 bits per heavy atom. The van der Waals surface area contributed by atoms with E-state index in [1.54, 1.807) is 7.05 Å². The molecule has 2 fully saturated rings. The molecule has 25 heavy (non-hydrogen) atoms. The molecule has 1 amide bonds. The molecule has 0 spiro atoms. The summed E-state index contributed by atoms with van der Waals surface area (Å²) in [6, 6.07) is 0.168. The molecule has 0 radical (unpaired) electrons. The lowest BCUT2D eigenvalue weighted by atomic mass is 9.69. The highest BCUT2D eigenvalue weighted by Crippen LogP contribution is 2.65. The third kappa shape index (κ3) is 2.58. The number of hydrogen-bond acceptors (Lipinski definition) is 3. The smallest absolute Gasteiger partial charge is 0.330 e. The first-order chi connectivity index (χ1) is 11.6. The van der Waals surface area contributed by atoms with Crippen molar-refractivity contribution in [3.63, 3.8) is 0 Å². The molecule has 2 saturated carbocycles. The van der Waals surface area contributed by atoms with Crippen molar-refractivity contribution < 1.29 is 4.79 Å². The molecule has 2 aliphatic rings. The van der Waals surface area contributed by atoms with Crippen LogP contribution in [-0.2, 0) is 18.9 Å². The summed E-state index contributed by atoms with van der Waals surface area (Å²) >= 11 is 0. The van der Waals surface area contributed by atoms with Crippen LogP contribution in [0.3, 0.4) is 0 Å². The highest BCUT2D eigenvalue weighted by Gasteiger charge is 2.61. The fraction of sp³-hybridized carbons (Fsp3) is 0.632. The molecule has 1 aromatic heterocycles. The molecule has 3 unspecified atom stereocenters. The van der Waals surface area contributed by atoms with Crippen molar-refractivity contribution in [2.75, 3.05) is 0 Å². The molecule has 3 atom stereocenters. The number of carbonyl (C=O) groups excluding carboxylic acids is 1. The first-order valence-electron chi connectivity index (χ1n) is 8.83. The SMILES string of the molecule is Cn1cc(/C=C/C(=O)NC2CC3CCC2(C)C3(C)C)c(=O)n(C)c1=O. The van der Waals surface area contributed by atoms with Crippen LogP contribution in [0.25, 0.3) is 6.08 Å². The van der Waals surface area contributed by atoms with Gasteiger partial charge in [-0.15, -0.1) is 0 Å². The molecular formula is C19H27N3O3. The van der Waals surface area contributed by atoms with E-state index in [0.29, 0.717) is 11.5 Å². The van der Waals surface area contributed by atoms with Gasteiger partial charge in [-0.1, -0.05) is 20.8 Å². The summed E-state index contributed by atoms with van der Waals surface area (Å²) in [7, 11) is 3.01. The molecule has 6 nitrogen and oxygen atoms in total. The van der Waals surface area contributed by atoms with E-state index >= 15 is 0 Å². The van der Waals surface area contributed by atoms with E-state index in [0.717, 1.165) is 17.4 Å². The Kier molecular flexibility index (Phi) is 4.05. The Morgan fingerprint density at radius 3 is 2.52 bits per heavy atom. The third-order valence-corrected chi connectivity index (χ3v) is 7.00. The highest BCUT2D eigenvalue weighted by atomic mass is 16.2. The van der Waals surface area contributed by atoms with Gasteiger partial charge in [-0.2, -0.15) is 0 Å². The Hall–Kier alpha value is -2.11. The summed E-state index contributed by atoms with van der Waals surface area (Å²) in [6.07, 6.45) is 7.73. The van der Waals surface area contributed by atoms with Crippen LogP contribution in [0.2, 0.25) is 0 Å². The number of aromatic nitrogens is 2. The maximum absolute atomic E-state index is 12.4. The van der Waals surface area contributed by atoms with E-state index in [4.69, 9.17) is 0 Å². The predicted molar refractivity (Wildman–Crippen MR) is 97.1 cm³/mol. The number of carbonyl (C=O) groups is 1. The second-order valence-electron chi connectivity index (χ2n) is 8.35. The number of amides is 1. The van der Waals surface area contributed by atoms with Crippen LogP contribution in [0, 0.1) is 16.7 Å². The molecule has 0 saturated heterocycles. The summed E-state index contributed by atoms with van der Waals surface area (Å²) in [5, 5.41) is 3.13. The summed E-state index contributed by atoms with van der Waals surface area (Å²) in [4.78, 5) is 36.2. The maximum atomic E-state index is 12.4. The Balaban J connectivity index is 1.76. The lowest BCUT2D eigenvalue weighted by Gasteiger charge is -2.39. The van der Waals surface area contributed by atoms with Gasteiger partial charge in [0, 0.05) is 32.4 Å². The van der Waals surface area contributed by atoms with Gasteiger partial charge in [-0.3, -0.25) is 14.2 Å². The van der Waals surface area contributed by atoms with Crippen LogP contribution in [0.1, 0.15) is 45.6 Å². The summed E-state index contributed by atoms with van der Waals surface area (Å²) in [6.45, 7) is 6.89. The molecule has 2 bridgehead atoms. The standard InChI is InChI=1S/C19H27N3O3/c1-18(2)13-8-9-19(18,3)14(10-13)20-15(23)7-6-12-11-21(4)17(25)22(5)16(12)24/h6-7,11,13-14H,8-10H2,1-5H3,(H,20,23)/b7-6+. The van der Waals surface area contributed by atoms with Crippen molar-refractivity contribution in [2.45, 2.75) is 46.1 Å².